The number of allylic oxidation sites excluding steroid dienone is 2. The standard InChI is InChI=1S/C30H24FN7O9S2/c31-17-7-6-16(23(40)24(17)41)30(28(45)46,18-14-49-29(32)34-18)47-33-12-19(39)35-21-25(42)38-22(27(43)44)15(13-48-26(21)38)4-3-9-37-11-10-36-8-2-1-5-20(36)37/h1-8,10-12,14,21,26H,9,13H2,(H6-,32,33,34,35,39,40,41,43,44,45,46)/p+1/b4-3+/t21-,26-,30?/m0/s1. The molecular weight excluding hydrogens is 686 g/mol. The number of phenolic OH excluding ortho intramolecular Hbond substituents is 2. The Labute approximate surface area is 282 Å². The van der Waals surface area contributed by atoms with Crippen molar-refractivity contribution in [2.24, 2.45) is 5.16 Å². The van der Waals surface area contributed by atoms with E-state index in [-0.39, 0.29) is 16.6 Å². The number of thioether (sulfide) groups is 1. The lowest BCUT2D eigenvalue weighted by atomic mass is 9.89. The summed E-state index contributed by atoms with van der Waals surface area (Å²) in [5.41, 5.74) is 2.90. The average Bonchev–Trinajstić information content (AvgIpc) is 3.70. The second kappa shape index (κ2) is 12.9. The van der Waals surface area contributed by atoms with E-state index in [0.29, 0.717) is 24.4 Å². The van der Waals surface area contributed by atoms with Crippen molar-refractivity contribution in [1.82, 2.24) is 19.6 Å². The maximum absolute atomic E-state index is 13.9. The molecule has 2 aliphatic heterocycles. The van der Waals surface area contributed by atoms with Gasteiger partial charge in [0.2, 0.25) is 0 Å². The Kier molecular flexibility index (Phi) is 8.69. The maximum Gasteiger partial charge on any atom is 0.362 e. The zero-order valence-electron chi connectivity index (χ0n) is 24.8. The van der Waals surface area contributed by atoms with E-state index in [2.05, 4.69) is 15.5 Å². The van der Waals surface area contributed by atoms with Gasteiger partial charge in [-0.2, -0.15) is 0 Å². The number of thiazole rings is 1. The predicted molar refractivity (Wildman–Crippen MR) is 171 cm³/mol. The summed E-state index contributed by atoms with van der Waals surface area (Å²) in [5.74, 6) is -8.32. The van der Waals surface area contributed by atoms with Gasteiger partial charge >= 0.3 is 17.5 Å². The number of halogens is 1. The molecule has 19 heteroatoms. The first-order valence-corrected chi connectivity index (χ1v) is 16.1. The summed E-state index contributed by atoms with van der Waals surface area (Å²) in [5, 5.41) is 46.7. The summed E-state index contributed by atoms with van der Waals surface area (Å²) in [7, 11) is 0. The van der Waals surface area contributed by atoms with Crippen LogP contribution in [0.2, 0.25) is 0 Å². The molecule has 0 radical (unpaired) electrons. The van der Waals surface area contributed by atoms with Crippen LogP contribution in [0.15, 0.2) is 82.9 Å². The fourth-order valence-corrected chi connectivity index (χ4v) is 7.33. The number of carbonyl (C=O) groups is 4. The Morgan fingerprint density at radius 2 is 2.00 bits per heavy atom. The van der Waals surface area contributed by atoms with Crippen LogP contribution in [0, 0.1) is 5.82 Å². The van der Waals surface area contributed by atoms with Gasteiger partial charge in [-0.05, 0) is 29.8 Å². The average molecular weight is 711 g/mol. The van der Waals surface area contributed by atoms with Crippen LogP contribution in [0.3, 0.4) is 0 Å². The number of aliphatic carboxylic acids is 2. The molecule has 6 rings (SSSR count). The minimum Gasteiger partial charge on any atom is -0.504 e. The van der Waals surface area contributed by atoms with Gasteiger partial charge in [-0.25, -0.2) is 27.9 Å². The largest absolute Gasteiger partial charge is 0.504 e. The molecule has 7 N–H and O–H groups in total. The minimum atomic E-state index is -2.80. The number of benzene rings is 1. The number of anilines is 1. The molecule has 3 aromatic heterocycles. The highest BCUT2D eigenvalue weighted by Gasteiger charge is 2.54. The third kappa shape index (κ3) is 5.78. The highest BCUT2D eigenvalue weighted by Crippen LogP contribution is 2.44. The van der Waals surface area contributed by atoms with Gasteiger partial charge in [0.15, 0.2) is 22.4 Å². The van der Waals surface area contributed by atoms with Crippen LogP contribution in [0.25, 0.3) is 5.65 Å². The lowest BCUT2D eigenvalue weighted by molar-refractivity contribution is -0.660. The third-order valence-corrected chi connectivity index (χ3v) is 9.69. The lowest BCUT2D eigenvalue weighted by Gasteiger charge is -2.49. The number of carbonyl (C=O) groups excluding carboxylic acids is 2. The molecular formula is C30H25FN7O9S2+. The third-order valence-electron chi connectivity index (χ3n) is 7.71. The van der Waals surface area contributed by atoms with Gasteiger partial charge < -0.3 is 36.3 Å². The van der Waals surface area contributed by atoms with Crippen molar-refractivity contribution in [3.8, 4) is 11.5 Å². The maximum atomic E-state index is 13.9. The van der Waals surface area contributed by atoms with E-state index < -0.39 is 69.3 Å². The van der Waals surface area contributed by atoms with E-state index in [1.807, 2.05) is 45.8 Å². The summed E-state index contributed by atoms with van der Waals surface area (Å²) >= 11 is 2.04. The molecule has 1 aromatic carbocycles. The van der Waals surface area contributed by atoms with E-state index >= 15 is 0 Å². The first kappa shape index (κ1) is 33.0. The van der Waals surface area contributed by atoms with Crippen LogP contribution >= 0.6 is 23.1 Å². The lowest BCUT2D eigenvalue weighted by Crippen LogP contribution is -2.70. The number of nitrogens with zero attached hydrogens (tertiary/aromatic N) is 5. The van der Waals surface area contributed by atoms with Crippen LogP contribution in [-0.2, 0) is 36.2 Å². The van der Waals surface area contributed by atoms with Gasteiger partial charge in [0, 0.05) is 17.2 Å². The van der Waals surface area contributed by atoms with E-state index in [1.54, 1.807) is 12.2 Å². The highest BCUT2D eigenvalue weighted by molar-refractivity contribution is 8.00. The monoisotopic (exact) mass is 710 g/mol. The second-order valence-electron chi connectivity index (χ2n) is 10.6. The van der Waals surface area contributed by atoms with Gasteiger partial charge in [0.25, 0.3) is 17.5 Å². The summed E-state index contributed by atoms with van der Waals surface area (Å²) in [4.78, 5) is 61.0. The second-order valence-corrected chi connectivity index (χ2v) is 12.6. The van der Waals surface area contributed by atoms with E-state index in [4.69, 9.17) is 10.6 Å². The molecule has 2 aliphatic rings. The van der Waals surface area contributed by atoms with Crippen LogP contribution in [0.5, 0.6) is 11.5 Å². The molecule has 0 bridgehead atoms. The van der Waals surface area contributed by atoms with Crippen LogP contribution in [0.1, 0.15) is 11.3 Å². The van der Waals surface area contributed by atoms with Crippen molar-refractivity contribution >= 4 is 63.8 Å². The Hall–Kier alpha value is -5.95. The van der Waals surface area contributed by atoms with Gasteiger partial charge in [-0.3, -0.25) is 14.5 Å². The van der Waals surface area contributed by atoms with Crippen molar-refractivity contribution in [2.45, 2.75) is 23.6 Å². The van der Waals surface area contributed by atoms with E-state index in [9.17, 15) is 44.0 Å². The quantitative estimate of drug-likeness (QED) is 0.0423. The number of rotatable bonds is 11. The highest BCUT2D eigenvalue weighted by atomic mass is 32.2. The van der Waals surface area contributed by atoms with Crippen molar-refractivity contribution in [3.63, 3.8) is 0 Å². The number of β-lactam (4-membered cyclic amide) rings is 1. The molecule has 2 amide bonds. The fourth-order valence-electron chi connectivity index (χ4n) is 5.41. The normalized spacial score (nSPS) is 18.8. The molecule has 16 nitrogen and oxygen atoms in total. The van der Waals surface area contributed by atoms with Crippen molar-refractivity contribution in [1.29, 1.82) is 0 Å². The molecule has 3 atom stereocenters. The minimum absolute atomic E-state index is 0.100. The smallest absolute Gasteiger partial charge is 0.362 e. The van der Waals surface area contributed by atoms with Gasteiger partial charge in [-0.1, -0.05) is 17.3 Å². The summed E-state index contributed by atoms with van der Waals surface area (Å²) in [6.07, 6.45) is 9.62. The molecule has 1 saturated heterocycles. The molecule has 0 saturated carbocycles. The summed E-state index contributed by atoms with van der Waals surface area (Å²) in [6.45, 7) is 0.444. The van der Waals surface area contributed by atoms with E-state index in [0.717, 1.165) is 28.0 Å². The SMILES string of the molecule is Nc1nc(C(O/N=C/C(=O)N[C@H]2C(=O)N3C(C(=O)O)=C(/C=C/C[n+]4ccn5ccccc54)CS[C@@H]23)(C(=O)O)c2ccc(F)c(O)c2O)cs1. The summed E-state index contributed by atoms with van der Waals surface area (Å²) in [6, 6.07) is 6.09. The zero-order chi connectivity index (χ0) is 35.0. The van der Waals surface area contributed by atoms with E-state index in [1.165, 1.54) is 17.1 Å². The van der Waals surface area contributed by atoms with Crippen molar-refractivity contribution < 1.29 is 53.4 Å². The molecule has 0 spiro atoms. The number of hydrogen-bond donors (Lipinski definition) is 6. The zero-order valence-corrected chi connectivity index (χ0v) is 26.5. The number of fused-ring (bicyclic) bond motifs is 2. The Bertz CT molecular complexity index is 2110. The number of nitrogens with two attached hydrogens (primary N) is 1. The Balaban J connectivity index is 1.17. The fraction of sp³-hybridized carbons (Fsp3) is 0.167. The molecule has 252 valence electrons. The Morgan fingerprint density at radius 1 is 1.20 bits per heavy atom. The molecule has 0 aliphatic carbocycles. The number of aromatic nitrogens is 3. The number of amides is 2. The summed E-state index contributed by atoms with van der Waals surface area (Å²) < 4.78 is 17.8. The van der Waals surface area contributed by atoms with Crippen LogP contribution in [-0.4, -0.2) is 81.8 Å². The predicted octanol–water partition coefficient (Wildman–Crippen LogP) is 1.14. The number of imidazole rings is 1. The molecule has 49 heavy (non-hydrogen) atoms. The number of nitrogens with one attached hydrogen (secondary N) is 1. The topological polar surface area (TPSA) is 233 Å². The van der Waals surface area contributed by atoms with Gasteiger partial charge in [0.1, 0.15) is 48.0 Å². The number of oxime groups is 1. The molecule has 5 heterocycles. The number of carboxylic acids is 2. The molecule has 1 unspecified atom stereocenters. The number of phenols is 2. The number of pyridine rings is 1. The molecule has 1 fully saturated rings. The number of carboxylic acid groups (broad SMARTS) is 2. The first-order chi connectivity index (χ1) is 23.4. The van der Waals surface area contributed by atoms with Crippen molar-refractivity contribution in [2.75, 3.05) is 11.5 Å². The van der Waals surface area contributed by atoms with Crippen molar-refractivity contribution in [3.05, 3.63) is 94.8 Å². The van der Waals surface area contributed by atoms with Crippen LogP contribution in [0.4, 0.5) is 9.52 Å². The number of aromatic hydroxyl groups is 2. The number of hydrogen-bond acceptors (Lipinski definition) is 12. The Morgan fingerprint density at radius 3 is 2.71 bits per heavy atom. The van der Waals surface area contributed by atoms with Gasteiger partial charge in [-0.15, -0.1) is 23.1 Å². The molecule has 4 aromatic rings. The van der Waals surface area contributed by atoms with Crippen LogP contribution < -0.4 is 15.6 Å². The van der Waals surface area contributed by atoms with Gasteiger partial charge in [0.05, 0.1) is 11.8 Å². The number of nitrogen functional groups attached to an aromatic ring is 1. The first-order valence-electron chi connectivity index (χ1n) is 14.1.